The minimum Gasteiger partial charge on any atom is -0.369 e. The van der Waals surface area contributed by atoms with E-state index in [1.54, 1.807) is 0 Å². The first-order valence-electron chi connectivity index (χ1n) is 13.9. The van der Waals surface area contributed by atoms with E-state index in [0.29, 0.717) is 6.61 Å². The summed E-state index contributed by atoms with van der Waals surface area (Å²) in [6.07, 6.45) is -0.832. The van der Waals surface area contributed by atoms with Crippen molar-refractivity contribution in [1.29, 1.82) is 0 Å². The number of benzene rings is 5. The molecule has 0 saturated carbocycles. The van der Waals surface area contributed by atoms with Gasteiger partial charge in [0.2, 0.25) is 0 Å². The van der Waals surface area contributed by atoms with Gasteiger partial charge in [-0.2, -0.15) is 0 Å². The third-order valence-corrected chi connectivity index (χ3v) is 7.00. The molecule has 4 heteroatoms. The zero-order chi connectivity index (χ0) is 28.2. The van der Waals surface area contributed by atoms with E-state index in [2.05, 4.69) is 36.4 Å². The number of carbonyl (C=O) groups is 1. The van der Waals surface area contributed by atoms with Gasteiger partial charge in [0.25, 0.3) is 0 Å². The summed E-state index contributed by atoms with van der Waals surface area (Å²) in [6.45, 7) is 0.598. The van der Waals surface area contributed by atoms with Crippen LogP contribution in [0.2, 0.25) is 0 Å². The summed E-state index contributed by atoms with van der Waals surface area (Å²) in [4.78, 5) is 13.6. The summed E-state index contributed by atoms with van der Waals surface area (Å²) in [5.74, 6) is -0.167. The number of hydrogen-bond donors (Lipinski definition) is 0. The lowest BCUT2D eigenvalue weighted by molar-refractivity contribution is -0.144. The Morgan fingerprint density at radius 1 is 0.537 bits per heavy atom. The molecule has 0 heterocycles. The molecule has 41 heavy (non-hydrogen) atoms. The Balaban J connectivity index is 1.44. The van der Waals surface area contributed by atoms with E-state index in [-0.39, 0.29) is 25.6 Å². The van der Waals surface area contributed by atoms with Crippen molar-refractivity contribution >= 4 is 5.78 Å². The van der Waals surface area contributed by atoms with Crippen LogP contribution in [0.4, 0.5) is 0 Å². The van der Waals surface area contributed by atoms with Crippen LogP contribution in [0.15, 0.2) is 152 Å². The van der Waals surface area contributed by atoms with Crippen molar-refractivity contribution in [2.75, 3.05) is 13.2 Å². The summed E-state index contributed by atoms with van der Waals surface area (Å²) >= 11 is 0. The first-order valence-corrected chi connectivity index (χ1v) is 13.9. The first-order chi connectivity index (χ1) is 20.3. The molecule has 0 aliphatic carbocycles. The SMILES string of the molecule is O=C(COCc1ccccc1)[C@@H](COC(c1ccccc1)(c1ccccc1)c1ccccc1)OCc1ccccc1. The Morgan fingerprint density at radius 3 is 1.37 bits per heavy atom. The highest BCUT2D eigenvalue weighted by Gasteiger charge is 2.39. The number of hydrogen-bond acceptors (Lipinski definition) is 4. The third kappa shape index (κ3) is 7.24. The molecule has 0 radical (unpaired) electrons. The van der Waals surface area contributed by atoms with Crippen molar-refractivity contribution in [3.8, 4) is 0 Å². The van der Waals surface area contributed by atoms with Gasteiger partial charge in [-0.3, -0.25) is 4.79 Å². The van der Waals surface area contributed by atoms with Crippen LogP contribution >= 0.6 is 0 Å². The normalized spacial score (nSPS) is 12.1. The van der Waals surface area contributed by atoms with Crippen molar-refractivity contribution in [2.24, 2.45) is 0 Å². The molecule has 1 atom stereocenters. The van der Waals surface area contributed by atoms with Crippen molar-refractivity contribution < 1.29 is 19.0 Å². The molecule has 0 N–H and O–H groups in total. The molecule has 5 aromatic rings. The van der Waals surface area contributed by atoms with Crippen LogP contribution in [0.1, 0.15) is 27.8 Å². The van der Waals surface area contributed by atoms with Crippen molar-refractivity contribution in [3.63, 3.8) is 0 Å². The molecule has 206 valence electrons. The fourth-order valence-electron chi connectivity index (χ4n) is 4.91. The van der Waals surface area contributed by atoms with E-state index in [9.17, 15) is 4.79 Å². The Bertz CT molecular complexity index is 1360. The second-order valence-corrected chi connectivity index (χ2v) is 9.82. The summed E-state index contributed by atoms with van der Waals surface area (Å²) < 4.78 is 19.0. The third-order valence-electron chi connectivity index (χ3n) is 7.00. The minimum atomic E-state index is -0.955. The van der Waals surface area contributed by atoms with Crippen LogP contribution in [0.25, 0.3) is 0 Å². The maximum Gasteiger partial charge on any atom is 0.189 e. The average Bonchev–Trinajstić information content (AvgIpc) is 3.05. The van der Waals surface area contributed by atoms with E-state index < -0.39 is 11.7 Å². The summed E-state index contributed by atoms with van der Waals surface area (Å²) in [7, 11) is 0. The first kappa shape index (κ1) is 28.2. The van der Waals surface area contributed by atoms with Gasteiger partial charge in [0.15, 0.2) is 5.78 Å². The highest BCUT2D eigenvalue weighted by Crippen LogP contribution is 2.40. The molecule has 4 nitrogen and oxygen atoms in total. The zero-order valence-electron chi connectivity index (χ0n) is 23.0. The van der Waals surface area contributed by atoms with Crippen LogP contribution in [-0.2, 0) is 37.8 Å². The van der Waals surface area contributed by atoms with Gasteiger partial charge >= 0.3 is 0 Å². The lowest BCUT2D eigenvalue weighted by Gasteiger charge is -2.37. The van der Waals surface area contributed by atoms with Gasteiger partial charge in [-0.25, -0.2) is 0 Å². The molecule has 0 amide bonds. The zero-order valence-corrected chi connectivity index (χ0v) is 23.0. The van der Waals surface area contributed by atoms with E-state index in [4.69, 9.17) is 14.2 Å². The van der Waals surface area contributed by atoms with Crippen molar-refractivity contribution in [1.82, 2.24) is 0 Å². The number of ketones is 1. The van der Waals surface area contributed by atoms with Gasteiger partial charge in [0.1, 0.15) is 18.3 Å². The highest BCUT2D eigenvalue weighted by atomic mass is 16.5. The standard InChI is InChI=1S/C37H34O4/c38-35(28-39-26-30-16-6-1-7-17-30)36(40-27-31-18-8-2-9-19-31)29-41-37(32-20-10-3-11-21-32,33-22-12-4-13-23-33)34-24-14-5-15-25-34/h1-25,36H,26-29H2/t36-/m1/s1. The predicted octanol–water partition coefficient (Wildman–Crippen LogP) is 7.37. The molecule has 0 saturated heterocycles. The van der Waals surface area contributed by atoms with Crippen LogP contribution < -0.4 is 0 Å². The number of ether oxygens (including phenoxy) is 3. The highest BCUT2D eigenvalue weighted by molar-refractivity contribution is 5.84. The summed E-state index contributed by atoms with van der Waals surface area (Å²) in [5.41, 5.74) is 3.93. The van der Waals surface area contributed by atoms with E-state index >= 15 is 0 Å². The monoisotopic (exact) mass is 542 g/mol. The Kier molecular flexibility index (Phi) is 9.85. The van der Waals surface area contributed by atoms with E-state index in [0.717, 1.165) is 27.8 Å². The molecule has 0 bridgehead atoms. The van der Waals surface area contributed by atoms with Crippen LogP contribution in [0.3, 0.4) is 0 Å². The molecular weight excluding hydrogens is 508 g/mol. The summed E-state index contributed by atoms with van der Waals surface area (Å²) in [5, 5.41) is 0. The second kappa shape index (κ2) is 14.3. The van der Waals surface area contributed by atoms with Gasteiger partial charge in [0, 0.05) is 0 Å². The van der Waals surface area contributed by atoms with Gasteiger partial charge < -0.3 is 14.2 Å². The predicted molar refractivity (Wildman–Crippen MR) is 161 cm³/mol. The molecule has 0 unspecified atom stereocenters. The molecule has 0 aromatic heterocycles. The van der Waals surface area contributed by atoms with Crippen LogP contribution in [0.5, 0.6) is 0 Å². The molecular formula is C37H34O4. The number of Topliss-reactive ketones (excluding diaryl/α,β-unsaturated/α-hetero) is 1. The maximum atomic E-state index is 13.6. The topological polar surface area (TPSA) is 44.8 Å². The number of rotatable bonds is 14. The second-order valence-electron chi connectivity index (χ2n) is 9.82. The van der Waals surface area contributed by atoms with Crippen molar-refractivity contribution in [2.45, 2.75) is 24.9 Å². The van der Waals surface area contributed by atoms with Gasteiger partial charge in [0.05, 0.1) is 19.8 Å². The lowest BCUT2D eigenvalue weighted by atomic mass is 9.80. The Labute approximate surface area is 242 Å². The quantitative estimate of drug-likeness (QED) is 0.138. The lowest BCUT2D eigenvalue weighted by Crippen LogP contribution is -2.39. The molecule has 5 rings (SSSR count). The van der Waals surface area contributed by atoms with Gasteiger partial charge in [-0.05, 0) is 27.8 Å². The van der Waals surface area contributed by atoms with Gasteiger partial charge in [-0.1, -0.05) is 152 Å². The maximum absolute atomic E-state index is 13.6. The molecule has 5 aromatic carbocycles. The minimum absolute atomic E-state index is 0.0407. The Hall–Kier alpha value is -4.35. The smallest absolute Gasteiger partial charge is 0.189 e. The fourth-order valence-corrected chi connectivity index (χ4v) is 4.91. The summed E-state index contributed by atoms with van der Waals surface area (Å²) in [6, 6.07) is 50.0. The Morgan fingerprint density at radius 2 is 0.927 bits per heavy atom. The van der Waals surface area contributed by atoms with E-state index in [1.165, 1.54) is 0 Å². The van der Waals surface area contributed by atoms with Crippen molar-refractivity contribution in [3.05, 3.63) is 179 Å². The largest absolute Gasteiger partial charge is 0.369 e. The van der Waals surface area contributed by atoms with Crippen LogP contribution in [-0.4, -0.2) is 25.1 Å². The van der Waals surface area contributed by atoms with Gasteiger partial charge in [-0.15, -0.1) is 0 Å². The average molecular weight is 543 g/mol. The molecule has 0 aliphatic rings. The van der Waals surface area contributed by atoms with E-state index in [1.807, 2.05) is 115 Å². The molecule has 0 aliphatic heterocycles. The van der Waals surface area contributed by atoms with Crippen LogP contribution in [0, 0.1) is 0 Å². The molecule has 0 spiro atoms. The molecule has 0 fully saturated rings. The fraction of sp³-hybridized carbons (Fsp3) is 0.162. The number of carbonyl (C=O) groups excluding carboxylic acids is 1.